The summed E-state index contributed by atoms with van der Waals surface area (Å²) in [6, 6.07) is 15.4. The lowest BCUT2D eigenvalue weighted by Gasteiger charge is -2.23. The number of aromatic nitrogens is 2. The van der Waals surface area contributed by atoms with Crippen LogP contribution in [0.1, 0.15) is 35.0 Å². The third-order valence-corrected chi connectivity index (χ3v) is 5.30. The van der Waals surface area contributed by atoms with Crippen molar-refractivity contribution in [1.82, 2.24) is 9.97 Å². The first-order valence-electron chi connectivity index (χ1n) is 9.29. The maximum absolute atomic E-state index is 12.8. The van der Waals surface area contributed by atoms with E-state index in [1.165, 1.54) is 0 Å². The Morgan fingerprint density at radius 3 is 2.57 bits per heavy atom. The maximum Gasteiger partial charge on any atom is 0.229 e. The largest absolute Gasteiger partial charge is 0.339 e. The lowest BCUT2D eigenvalue weighted by atomic mass is 9.87. The van der Waals surface area contributed by atoms with Crippen LogP contribution in [0.2, 0.25) is 5.02 Å². The van der Waals surface area contributed by atoms with E-state index in [4.69, 9.17) is 11.6 Å². The highest BCUT2D eigenvalue weighted by atomic mass is 35.5. The molecule has 2 aromatic carbocycles. The monoisotopic (exact) mass is 392 g/mol. The fraction of sp³-hybridized carbons (Fsp3) is 0.227. The summed E-state index contributed by atoms with van der Waals surface area (Å²) in [5.74, 6) is 1.32. The Morgan fingerprint density at radius 2 is 1.79 bits per heavy atom. The van der Waals surface area contributed by atoms with E-state index in [1.54, 1.807) is 0 Å². The molecule has 6 heteroatoms. The van der Waals surface area contributed by atoms with Crippen LogP contribution in [0.5, 0.6) is 0 Å². The van der Waals surface area contributed by atoms with Crippen molar-refractivity contribution in [2.45, 2.75) is 26.7 Å². The van der Waals surface area contributed by atoms with Gasteiger partial charge in [0.25, 0.3) is 0 Å². The van der Waals surface area contributed by atoms with Gasteiger partial charge in [-0.05, 0) is 49.1 Å². The van der Waals surface area contributed by atoms with Crippen LogP contribution < -0.4 is 10.6 Å². The Labute approximate surface area is 169 Å². The number of hydrogen-bond donors (Lipinski definition) is 2. The minimum atomic E-state index is 0.0715. The summed E-state index contributed by atoms with van der Waals surface area (Å²) in [5.41, 5.74) is 3.98. The van der Waals surface area contributed by atoms with E-state index >= 15 is 0 Å². The van der Waals surface area contributed by atoms with Crippen molar-refractivity contribution >= 4 is 40.5 Å². The summed E-state index contributed by atoms with van der Waals surface area (Å²) in [7, 11) is 0. The quantitative estimate of drug-likeness (QED) is 0.596. The van der Waals surface area contributed by atoms with E-state index in [0.29, 0.717) is 28.8 Å². The van der Waals surface area contributed by atoms with Crippen molar-refractivity contribution in [2.24, 2.45) is 5.92 Å². The molecule has 0 amide bonds. The minimum absolute atomic E-state index is 0.0715. The van der Waals surface area contributed by atoms with E-state index in [1.807, 2.05) is 55.5 Å². The Bertz CT molecular complexity index is 1040. The van der Waals surface area contributed by atoms with Crippen LogP contribution >= 0.6 is 11.6 Å². The molecule has 142 valence electrons. The zero-order chi connectivity index (χ0) is 19.7. The molecule has 1 heterocycles. The number of nitrogens with one attached hydrogen (secondary N) is 2. The first-order valence-corrected chi connectivity index (χ1v) is 9.67. The number of Topliss-reactive ketones (excluding diaryl/α,β-unsaturated/α-hetero) is 1. The van der Waals surface area contributed by atoms with Crippen LogP contribution in [-0.2, 0) is 6.42 Å². The summed E-state index contributed by atoms with van der Waals surface area (Å²) < 4.78 is 0. The minimum Gasteiger partial charge on any atom is -0.339 e. The highest BCUT2D eigenvalue weighted by molar-refractivity contribution is 6.31. The highest BCUT2D eigenvalue weighted by Crippen LogP contribution is 2.33. The molecule has 28 heavy (non-hydrogen) atoms. The SMILES string of the molecule is Cc1c(Cl)cccc1Nc1nc(Nc2ccccc2)nc2c1C(=O)CC(C)C2. The predicted octanol–water partition coefficient (Wildman–Crippen LogP) is 5.69. The zero-order valence-corrected chi connectivity index (χ0v) is 16.5. The third-order valence-electron chi connectivity index (χ3n) is 4.89. The topological polar surface area (TPSA) is 66.9 Å². The van der Waals surface area contributed by atoms with E-state index < -0.39 is 0 Å². The van der Waals surface area contributed by atoms with Gasteiger partial charge in [0.1, 0.15) is 5.82 Å². The Kier molecular flexibility index (Phi) is 5.01. The van der Waals surface area contributed by atoms with Gasteiger partial charge < -0.3 is 10.6 Å². The van der Waals surface area contributed by atoms with Crippen LogP contribution in [0.25, 0.3) is 0 Å². The molecule has 1 unspecified atom stereocenters. The molecule has 0 aliphatic heterocycles. The Hall–Kier alpha value is -2.92. The van der Waals surface area contributed by atoms with E-state index in [-0.39, 0.29) is 11.7 Å². The second-order valence-electron chi connectivity index (χ2n) is 7.18. The number of carbonyl (C=O) groups is 1. The van der Waals surface area contributed by atoms with Gasteiger partial charge in [-0.15, -0.1) is 0 Å². The van der Waals surface area contributed by atoms with Gasteiger partial charge in [0.2, 0.25) is 5.95 Å². The van der Waals surface area contributed by atoms with Crippen molar-refractivity contribution in [3.63, 3.8) is 0 Å². The molecule has 3 aromatic rings. The summed E-state index contributed by atoms with van der Waals surface area (Å²) in [6.45, 7) is 4.01. The third kappa shape index (κ3) is 3.71. The first kappa shape index (κ1) is 18.4. The molecule has 0 saturated heterocycles. The molecule has 1 aromatic heterocycles. The van der Waals surface area contributed by atoms with Gasteiger partial charge in [-0.2, -0.15) is 4.98 Å². The van der Waals surface area contributed by atoms with E-state index in [9.17, 15) is 4.79 Å². The van der Waals surface area contributed by atoms with Crippen LogP contribution in [0.15, 0.2) is 48.5 Å². The summed E-state index contributed by atoms with van der Waals surface area (Å²) >= 11 is 6.26. The smallest absolute Gasteiger partial charge is 0.229 e. The number of carbonyl (C=O) groups excluding carboxylic acids is 1. The fourth-order valence-corrected chi connectivity index (χ4v) is 3.61. The number of nitrogens with zero attached hydrogens (tertiary/aromatic N) is 2. The molecule has 0 saturated carbocycles. The van der Waals surface area contributed by atoms with Gasteiger partial charge >= 0.3 is 0 Å². The molecule has 1 aliphatic carbocycles. The number of rotatable bonds is 4. The molecule has 0 bridgehead atoms. The average Bonchev–Trinajstić information content (AvgIpc) is 2.65. The van der Waals surface area contributed by atoms with Crippen LogP contribution in [-0.4, -0.2) is 15.8 Å². The van der Waals surface area contributed by atoms with Crippen molar-refractivity contribution in [1.29, 1.82) is 0 Å². The van der Waals surface area contributed by atoms with Crippen molar-refractivity contribution in [3.8, 4) is 0 Å². The summed E-state index contributed by atoms with van der Waals surface area (Å²) in [6.07, 6.45) is 1.25. The lowest BCUT2D eigenvalue weighted by molar-refractivity contribution is 0.0953. The number of hydrogen-bond acceptors (Lipinski definition) is 5. The second kappa shape index (κ2) is 7.60. The Balaban J connectivity index is 1.78. The molecular weight excluding hydrogens is 372 g/mol. The molecule has 2 N–H and O–H groups in total. The number of benzene rings is 2. The molecule has 0 spiro atoms. The van der Waals surface area contributed by atoms with Crippen LogP contribution in [0, 0.1) is 12.8 Å². The molecule has 4 rings (SSSR count). The highest BCUT2D eigenvalue weighted by Gasteiger charge is 2.28. The molecule has 0 radical (unpaired) electrons. The van der Waals surface area contributed by atoms with Gasteiger partial charge in [0.15, 0.2) is 5.78 Å². The predicted molar refractivity (Wildman–Crippen MR) is 113 cm³/mol. The number of ketones is 1. The standard InChI is InChI=1S/C22H21ClN4O/c1-13-11-18-20(19(28)12-13)21(25-17-10-6-9-16(23)14(17)2)27-22(26-18)24-15-7-4-3-5-8-15/h3-10,13H,11-12H2,1-2H3,(H2,24,25,26,27). The van der Waals surface area contributed by atoms with Crippen LogP contribution in [0.3, 0.4) is 0 Å². The summed E-state index contributed by atoms with van der Waals surface area (Å²) in [5, 5.41) is 7.21. The second-order valence-corrected chi connectivity index (χ2v) is 7.59. The molecule has 5 nitrogen and oxygen atoms in total. The van der Waals surface area contributed by atoms with Gasteiger partial charge in [-0.1, -0.05) is 42.8 Å². The van der Waals surface area contributed by atoms with E-state index in [0.717, 1.165) is 29.1 Å². The molecular formula is C22H21ClN4O. The molecule has 1 atom stereocenters. The van der Waals surface area contributed by atoms with Gasteiger partial charge in [-0.3, -0.25) is 4.79 Å². The molecule has 0 fully saturated rings. The number of fused-ring (bicyclic) bond motifs is 1. The number of halogens is 1. The normalized spacial score (nSPS) is 15.8. The number of para-hydroxylation sites is 1. The number of anilines is 4. The zero-order valence-electron chi connectivity index (χ0n) is 15.8. The lowest BCUT2D eigenvalue weighted by Crippen LogP contribution is -2.22. The summed E-state index contributed by atoms with van der Waals surface area (Å²) in [4.78, 5) is 22.0. The first-order chi connectivity index (χ1) is 13.5. The van der Waals surface area contributed by atoms with Gasteiger partial charge in [-0.25, -0.2) is 4.98 Å². The molecule has 1 aliphatic rings. The van der Waals surface area contributed by atoms with Crippen molar-refractivity contribution < 1.29 is 4.79 Å². The van der Waals surface area contributed by atoms with E-state index in [2.05, 4.69) is 27.5 Å². The average molecular weight is 393 g/mol. The van der Waals surface area contributed by atoms with Crippen molar-refractivity contribution in [2.75, 3.05) is 10.6 Å². The fourth-order valence-electron chi connectivity index (χ4n) is 3.44. The van der Waals surface area contributed by atoms with Gasteiger partial charge in [0.05, 0.1) is 11.3 Å². The van der Waals surface area contributed by atoms with Crippen LogP contribution in [0.4, 0.5) is 23.1 Å². The Morgan fingerprint density at radius 1 is 1.00 bits per heavy atom. The van der Waals surface area contributed by atoms with Gasteiger partial charge in [0, 0.05) is 22.8 Å². The van der Waals surface area contributed by atoms with Crippen molar-refractivity contribution in [3.05, 3.63) is 70.4 Å². The maximum atomic E-state index is 12.8.